The summed E-state index contributed by atoms with van der Waals surface area (Å²) >= 11 is 1.74. The summed E-state index contributed by atoms with van der Waals surface area (Å²) in [7, 11) is 0. The monoisotopic (exact) mass is 263 g/mol. The molecule has 3 heterocycles. The standard InChI is InChI=1S/C12H17N5S/c1-7(2)17-4-3-9-10(6-17)18-12(15-9)8-5-14-16-11(8)13/h5,7H,3-4,6H2,1-2H3,(H3,13,14,16). The highest BCUT2D eigenvalue weighted by atomic mass is 32.1. The molecular formula is C12H17N5S. The van der Waals surface area contributed by atoms with Crippen molar-refractivity contribution in [3.05, 3.63) is 16.8 Å². The van der Waals surface area contributed by atoms with Crippen molar-refractivity contribution in [1.82, 2.24) is 20.1 Å². The van der Waals surface area contributed by atoms with Gasteiger partial charge in [-0.05, 0) is 13.8 Å². The summed E-state index contributed by atoms with van der Waals surface area (Å²) < 4.78 is 0. The highest BCUT2D eigenvalue weighted by Gasteiger charge is 2.23. The Hall–Kier alpha value is -1.40. The molecule has 3 N–H and O–H groups in total. The first kappa shape index (κ1) is 11.7. The summed E-state index contributed by atoms with van der Waals surface area (Å²) in [5.41, 5.74) is 8.00. The van der Waals surface area contributed by atoms with Gasteiger partial charge < -0.3 is 5.73 Å². The van der Waals surface area contributed by atoms with Gasteiger partial charge in [-0.15, -0.1) is 11.3 Å². The van der Waals surface area contributed by atoms with Crippen LogP contribution in [0, 0.1) is 0 Å². The fourth-order valence-corrected chi connectivity index (χ4v) is 3.40. The van der Waals surface area contributed by atoms with Crippen LogP contribution in [0.3, 0.4) is 0 Å². The van der Waals surface area contributed by atoms with Crippen LogP contribution in [0.5, 0.6) is 0 Å². The zero-order valence-electron chi connectivity index (χ0n) is 10.6. The Balaban J connectivity index is 1.92. The van der Waals surface area contributed by atoms with Gasteiger partial charge in [-0.3, -0.25) is 10.00 Å². The molecule has 0 radical (unpaired) electrons. The fraction of sp³-hybridized carbons (Fsp3) is 0.500. The van der Waals surface area contributed by atoms with E-state index < -0.39 is 0 Å². The van der Waals surface area contributed by atoms with Crippen molar-refractivity contribution in [3.63, 3.8) is 0 Å². The van der Waals surface area contributed by atoms with E-state index in [4.69, 9.17) is 10.7 Å². The van der Waals surface area contributed by atoms with Gasteiger partial charge in [-0.1, -0.05) is 0 Å². The van der Waals surface area contributed by atoms with E-state index in [1.165, 1.54) is 10.6 Å². The molecule has 0 aliphatic carbocycles. The number of hydrogen-bond donors (Lipinski definition) is 2. The largest absolute Gasteiger partial charge is 0.383 e. The summed E-state index contributed by atoms with van der Waals surface area (Å²) in [5.74, 6) is 0.599. The molecule has 0 fully saturated rings. The zero-order valence-corrected chi connectivity index (χ0v) is 11.4. The minimum Gasteiger partial charge on any atom is -0.383 e. The number of aromatic nitrogens is 3. The molecule has 0 spiro atoms. The molecule has 0 amide bonds. The van der Waals surface area contributed by atoms with Crippen molar-refractivity contribution in [2.75, 3.05) is 12.3 Å². The van der Waals surface area contributed by atoms with E-state index in [2.05, 4.69) is 28.9 Å². The Bertz CT molecular complexity index is 557. The molecule has 2 aromatic heterocycles. The summed E-state index contributed by atoms with van der Waals surface area (Å²) in [6.07, 6.45) is 2.78. The molecule has 0 saturated carbocycles. The number of fused-ring (bicyclic) bond motifs is 1. The van der Waals surface area contributed by atoms with Gasteiger partial charge in [0.05, 0.1) is 17.5 Å². The first-order chi connectivity index (χ1) is 8.65. The second-order valence-corrected chi connectivity index (χ2v) is 5.98. The van der Waals surface area contributed by atoms with Gasteiger partial charge >= 0.3 is 0 Å². The number of hydrogen-bond acceptors (Lipinski definition) is 5. The molecule has 18 heavy (non-hydrogen) atoms. The van der Waals surface area contributed by atoms with Crippen LogP contribution in [0.4, 0.5) is 5.82 Å². The van der Waals surface area contributed by atoms with Crippen molar-refractivity contribution >= 4 is 17.2 Å². The third kappa shape index (κ3) is 1.91. The molecule has 2 aromatic rings. The second kappa shape index (κ2) is 4.37. The van der Waals surface area contributed by atoms with E-state index in [9.17, 15) is 0 Å². The van der Waals surface area contributed by atoms with E-state index in [0.717, 1.165) is 30.1 Å². The molecule has 6 heteroatoms. The zero-order chi connectivity index (χ0) is 12.7. The number of nitrogens with two attached hydrogens (primary N) is 1. The molecule has 0 aromatic carbocycles. The Morgan fingerprint density at radius 2 is 2.33 bits per heavy atom. The molecule has 3 rings (SSSR count). The molecule has 0 atom stereocenters. The van der Waals surface area contributed by atoms with Crippen LogP contribution in [-0.2, 0) is 13.0 Å². The number of nitrogens with zero attached hydrogens (tertiary/aromatic N) is 3. The lowest BCUT2D eigenvalue weighted by molar-refractivity contribution is 0.205. The van der Waals surface area contributed by atoms with Gasteiger partial charge in [-0.25, -0.2) is 4.98 Å². The van der Waals surface area contributed by atoms with Crippen LogP contribution in [0.2, 0.25) is 0 Å². The average molecular weight is 263 g/mol. The van der Waals surface area contributed by atoms with Gasteiger partial charge in [0.25, 0.3) is 0 Å². The lowest BCUT2D eigenvalue weighted by Gasteiger charge is -2.29. The van der Waals surface area contributed by atoms with Gasteiger partial charge in [0.1, 0.15) is 10.8 Å². The van der Waals surface area contributed by atoms with Gasteiger partial charge in [0.2, 0.25) is 0 Å². The topological polar surface area (TPSA) is 70.8 Å². The normalized spacial score (nSPS) is 16.2. The maximum atomic E-state index is 5.84. The van der Waals surface area contributed by atoms with E-state index in [1.807, 2.05) is 0 Å². The van der Waals surface area contributed by atoms with Crippen LogP contribution in [0.25, 0.3) is 10.6 Å². The highest BCUT2D eigenvalue weighted by Crippen LogP contribution is 2.33. The Morgan fingerprint density at radius 3 is 3.00 bits per heavy atom. The second-order valence-electron chi connectivity index (χ2n) is 4.90. The maximum absolute atomic E-state index is 5.84. The number of rotatable bonds is 2. The van der Waals surface area contributed by atoms with Crippen LogP contribution < -0.4 is 5.73 Å². The summed E-state index contributed by atoms with van der Waals surface area (Å²) in [4.78, 5) is 8.54. The van der Waals surface area contributed by atoms with Crippen LogP contribution in [0.1, 0.15) is 24.4 Å². The predicted molar refractivity (Wildman–Crippen MR) is 73.4 cm³/mol. The van der Waals surface area contributed by atoms with E-state index in [-0.39, 0.29) is 0 Å². The Kier molecular flexibility index (Phi) is 2.83. The molecule has 5 nitrogen and oxygen atoms in total. The minimum absolute atomic E-state index is 0.586. The average Bonchev–Trinajstić information content (AvgIpc) is 2.92. The number of nitrogen functional groups attached to an aromatic ring is 1. The van der Waals surface area contributed by atoms with E-state index >= 15 is 0 Å². The van der Waals surface area contributed by atoms with Gasteiger partial charge in [0, 0.05) is 30.4 Å². The lowest BCUT2D eigenvalue weighted by atomic mass is 10.1. The smallest absolute Gasteiger partial charge is 0.129 e. The first-order valence-electron chi connectivity index (χ1n) is 6.17. The van der Waals surface area contributed by atoms with Crippen LogP contribution in [0.15, 0.2) is 6.20 Å². The number of thiazole rings is 1. The summed E-state index contributed by atoms with van der Waals surface area (Å²) in [5, 5.41) is 7.70. The van der Waals surface area contributed by atoms with Crippen LogP contribution in [-0.4, -0.2) is 32.7 Å². The minimum atomic E-state index is 0.586. The lowest BCUT2D eigenvalue weighted by Crippen LogP contribution is -2.35. The molecule has 1 aliphatic heterocycles. The predicted octanol–water partition coefficient (Wildman–Crippen LogP) is 1.88. The van der Waals surface area contributed by atoms with Gasteiger partial charge in [0.15, 0.2) is 0 Å². The van der Waals surface area contributed by atoms with E-state index in [0.29, 0.717) is 11.9 Å². The van der Waals surface area contributed by atoms with E-state index in [1.54, 1.807) is 17.5 Å². The third-order valence-electron chi connectivity index (χ3n) is 3.39. The molecule has 96 valence electrons. The maximum Gasteiger partial charge on any atom is 0.129 e. The Labute approximate surface area is 110 Å². The van der Waals surface area contributed by atoms with Crippen molar-refractivity contribution in [2.24, 2.45) is 0 Å². The molecule has 0 saturated heterocycles. The molecule has 0 bridgehead atoms. The summed E-state index contributed by atoms with van der Waals surface area (Å²) in [6.45, 7) is 6.57. The van der Waals surface area contributed by atoms with Gasteiger partial charge in [-0.2, -0.15) is 5.10 Å². The van der Waals surface area contributed by atoms with Crippen molar-refractivity contribution < 1.29 is 0 Å². The Morgan fingerprint density at radius 1 is 1.50 bits per heavy atom. The molecular weight excluding hydrogens is 246 g/mol. The number of anilines is 1. The third-order valence-corrected chi connectivity index (χ3v) is 4.51. The quantitative estimate of drug-likeness (QED) is 0.868. The van der Waals surface area contributed by atoms with Crippen LogP contribution >= 0.6 is 11.3 Å². The summed E-state index contributed by atoms with van der Waals surface area (Å²) in [6, 6.07) is 0.586. The number of H-pyrrole nitrogens is 1. The molecule has 0 unspecified atom stereocenters. The van der Waals surface area contributed by atoms with Crippen molar-refractivity contribution in [3.8, 4) is 10.6 Å². The molecule has 1 aliphatic rings. The fourth-order valence-electron chi connectivity index (χ4n) is 2.24. The SMILES string of the molecule is CC(C)N1CCc2nc(-c3cn[nH]c3N)sc2C1. The number of aromatic amines is 1. The first-order valence-corrected chi connectivity index (χ1v) is 6.98. The highest BCUT2D eigenvalue weighted by molar-refractivity contribution is 7.15. The van der Waals surface area contributed by atoms with Crippen molar-refractivity contribution in [1.29, 1.82) is 0 Å². The number of nitrogens with one attached hydrogen (secondary N) is 1. The van der Waals surface area contributed by atoms with Crippen molar-refractivity contribution in [2.45, 2.75) is 32.9 Å².